The molecule has 2 aromatic rings. The van der Waals surface area contributed by atoms with Crippen molar-refractivity contribution in [1.29, 1.82) is 0 Å². The zero-order valence-corrected chi connectivity index (χ0v) is 13.2. The number of hydrogen-bond donors (Lipinski definition) is 1. The fourth-order valence-electron chi connectivity index (χ4n) is 2.40. The van der Waals surface area contributed by atoms with Crippen LogP contribution in [0, 0.1) is 5.82 Å². The first-order valence-corrected chi connectivity index (χ1v) is 7.89. The van der Waals surface area contributed by atoms with Crippen molar-refractivity contribution in [2.45, 2.75) is 25.5 Å². The van der Waals surface area contributed by atoms with Gasteiger partial charge in [0.05, 0.1) is 18.8 Å². The molecule has 128 valence electrons. The Balaban J connectivity index is 1.42. The number of halogens is 1. The second-order valence-electron chi connectivity index (χ2n) is 5.51. The quantitative estimate of drug-likeness (QED) is 0.828. The zero-order chi connectivity index (χ0) is 16.8. The number of nitrogens with one attached hydrogen (secondary N) is 1. The molecular formula is C16H19FN4O3. The molecule has 1 aliphatic rings. The molecule has 8 heteroatoms. The second-order valence-corrected chi connectivity index (χ2v) is 5.51. The van der Waals surface area contributed by atoms with Crippen LogP contribution in [-0.2, 0) is 11.3 Å². The van der Waals surface area contributed by atoms with Gasteiger partial charge in [0.15, 0.2) is 5.69 Å². The van der Waals surface area contributed by atoms with Crippen molar-refractivity contribution in [2.24, 2.45) is 0 Å². The smallest absolute Gasteiger partial charge is 0.273 e. The molecule has 1 aromatic carbocycles. The molecule has 0 saturated carbocycles. The first-order chi connectivity index (χ1) is 11.7. The molecule has 1 aliphatic heterocycles. The lowest BCUT2D eigenvalue weighted by Gasteiger charge is -2.09. The lowest BCUT2D eigenvalue weighted by molar-refractivity contribution is 0.0853. The van der Waals surface area contributed by atoms with Gasteiger partial charge in [-0.3, -0.25) is 4.79 Å². The number of benzene rings is 1. The minimum atomic E-state index is -0.308. The van der Waals surface area contributed by atoms with Gasteiger partial charge in [0.25, 0.3) is 5.91 Å². The van der Waals surface area contributed by atoms with Crippen LogP contribution >= 0.6 is 0 Å². The molecular weight excluding hydrogens is 315 g/mol. The molecule has 0 radical (unpaired) electrons. The Bertz CT molecular complexity index is 668. The average molecular weight is 334 g/mol. The molecule has 1 atom stereocenters. The summed E-state index contributed by atoms with van der Waals surface area (Å²) in [6, 6.07) is 5.78. The summed E-state index contributed by atoms with van der Waals surface area (Å²) in [7, 11) is 0. The van der Waals surface area contributed by atoms with Crippen LogP contribution in [0.1, 0.15) is 23.3 Å². The molecule has 1 saturated heterocycles. The van der Waals surface area contributed by atoms with Gasteiger partial charge in [-0.25, -0.2) is 9.07 Å². The first-order valence-electron chi connectivity index (χ1n) is 7.89. The normalized spacial score (nSPS) is 17.0. The first kappa shape index (κ1) is 16.4. The molecule has 1 aromatic heterocycles. The molecule has 0 bridgehead atoms. The maximum Gasteiger partial charge on any atom is 0.273 e. The van der Waals surface area contributed by atoms with Crippen LogP contribution in [0.15, 0.2) is 30.5 Å². The van der Waals surface area contributed by atoms with E-state index in [0.29, 0.717) is 25.4 Å². The molecule has 1 fully saturated rings. The van der Waals surface area contributed by atoms with Crippen molar-refractivity contribution in [3.8, 4) is 5.75 Å². The Labute approximate surface area is 138 Å². The van der Waals surface area contributed by atoms with Crippen LogP contribution in [0.5, 0.6) is 5.75 Å². The number of rotatable bonds is 7. The van der Waals surface area contributed by atoms with E-state index >= 15 is 0 Å². The summed E-state index contributed by atoms with van der Waals surface area (Å²) in [5, 5.41) is 10.5. The molecule has 24 heavy (non-hydrogen) atoms. The molecule has 1 amide bonds. The van der Waals surface area contributed by atoms with E-state index in [0.717, 1.165) is 19.4 Å². The Morgan fingerprint density at radius 2 is 2.25 bits per heavy atom. The highest BCUT2D eigenvalue weighted by Crippen LogP contribution is 2.11. The lowest BCUT2D eigenvalue weighted by Crippen LogP contribution is -2.31. The van der Waals surface area contributed by atoms with E-state index in [4.69, 9.17) is 9.47 Å². The van der Waals surface area contributed by atoms with Crippen molar-refractivity contribution in [2.75, 3.05) is 19.8 Å². The maximum absolute atomic E-state index is 12.8. The van der Waals surface area contributed by atoms with Gasteiger partial charge in [-0.05, 0) is 37.1 Å². The van der Waals surface area contributed by atoms with E-state index in [9.17, 15) is 9.18 Å². The van der Waals surface area contributed by atoms with Gasteiger partial charge in [0.2, 0.25) is 0 Å². The van der Waals surface area contributed by atoms with Crippen molar-refractivity contribution >= 4 is 5.91 Å². The zero-order valence-electron chi connectivity index (χ0n) is 13.2. The number of aromatic nitrogens is 3. The van der Waals surface area contributed by atoms with E-state index < -0.39 is 0 Å². The van der Waals surface area contributed by atoms with E-state index in [1.165, 1.54) is 16.8 Å². The molecule has 1 N–H and O–H groups in total. The third-order valence-corrected chi connectivity index (χ3v) is 3.69. The lowest BCUT2D eigenvalue weighted by atomic mass is 10.2. The predicted molar refractivity (Wildman–Crippen MR) is 83.2 cm³/mol. The van der Waals surface area contributed by atoms with E-state index in [2.05, 4.69) is 15.6 Å². The van der Waals surface area contributed by atoms with E-state index in [1.54, 1.807) is 18.3 Å². The second kappa shape index (κ2) is 7.87. The third-order valence-electron chi connectivity index (χ3n) is 3.69. The van der Waals surface area contributed by atoms with Gasteiger partial charge in [-0.1, -0.05) is 5.21 Å². The number of nitrogens with zero attached hydrogens (tertiary/aromatic N) is 3. The summed E-state index contributed by atoms with van der Waals surface area (Å²) in [4.78, 5) is 12.0. The van der Waals surface area contributed by atoms with Crippen LogP contribution in [0.25, 0.3) is 0 Å². The Hall–Kier alpha value is -2.48. The largest absolute Gasteiger partial charge is 0.492 e. The Morgan fingerprint density at radius 1 is 1.42 bits per heavy atom. The summed E-state index contributed by atoms with van der Waals surface area (Å²) < 4.78 is 25.3. The summed E-state index contributed by atoms with van der Waals surface area (Å²) in [6.07, 6.45) is 3.66. The van der Waals surface area contributed by atoms with Gasteiger partial charge >= 0.3 is 0 Å². The van der Waals surface area contributed by atoms with Gasteiger partial charge in [-0.15, -0.1) is 5.10 Å². The SMILES string of the molecule is O=C(NCC1CCCO1)c1cn(CCOc2ccc(F)cc2)nn1. The van der Waals surface area contributed by atoms with Crippen molar-refractivity contribution < 1.29 is 18.7 Å². The highest BCUT2D eigenvalue weighted by molar-refractivity contribution is 5.91. The molecule has 3 rings (SSSR count). The minimum Gasteiger partial charge on any atom is -0.492 e. The van der Waals surface area contributed by atoms with E-state index in [-0.39, 0.29) is 23.5 Å². The molecule has 1 unspecified atom stereocenters. The maximum atomic E-state index is 12.8. The number of hydrogen-bond acceptors (Lipinski definition) is 5. The summed E-state index contributed by atoms with van der Waals surface area (Å²) in [5.41, 5.74) is 0.259. The Morgan fingerprint density at radius 3 is 3.00 bits per heavy atom. The average Bonchev–Trinajstić information content (AvgIpc) is 3.26. The number of carbonyl (C=O) groups is 1. The third kappa shape index (κ3) is 4.51. The standard InChI is InChI=1S/C16H19FN4O3/c17-12-3-5-13(6-4-12)24-9-7-21-11-15(19-20-21)16(22)18-10-14-2-1-8-23-14/h3-6,11,14H,1-2,7-10H2,(H,18,22). The fraction of sp³-hybridized carbons (Fsp3) is 0.438. The fourth-order valence-corrected chi connectivity index (χ4v) is 2.40. The minimum absolute atomic E-state index is 0.0908. The van der Waals surface area contributed by atoms with Crippen molar-refractivity contribution in [3.63, 3.8) is 0 Å². The topological polar surface area (TPSA) is 78.3 Å². The molecule has 2 heterocycles. The van der Waals surface area contributed by atoms with Crippen LogP contribution in [0.2, 0.25) is 0 Å². The van der Waals surface area contributed by atoms with Crippen molar-refractivity contribution in [3.05, 3.63) is 42.0 Å². The van der Waals surface area contributed by atoms with Crippen LogP contribution < -0.4 is 10.1 Å². The predicted octanol–water partition coefficient (Wildman–Crippen LogP) is 1.40. The van der Waals surface area contributed by atoms with Gasteiger partial charge in [-0.2, -0.15) is 0 Å². The summed E-state index contributed by atoms with van der Waals surface area (Å²) >= 11 is 0. The van der Waals surface area contributed by atoms with Gasteiger partial charge in [0, 0.05) is 13.2 Å². The number of ether oxygens (including phenoxy) is 2. The highest BCUT2D eigenvalue weighted by atomic mass is 19.1. The van der Waals surface area contributed by atoms with Crippen LogP contribution in [0.4, 0.5) is 4.39 Å². The summed E-state index contributed by atoms with van der Waals surface area (Å²) in [5.74, 6) is -0.000433. The molecule has 0 spiro atoms. The molecule has 0 aliphatic carbocycles. The number of amides is 1. The van der Waals surface area contributed by atoms with E-state index in [1.807, 2.05) is 0 Å². The van der Waals surface area contributed by atoms with Crippen LogP contribution in [0.3, 0.4) is 0 Å². The monoisotopic (exact) mass is 334 g/mol. The van der Waals surface area contributed by atoms with Crippen molar-refractivity contribution in [1.82, 2.24) is 20.3 Å². The van der Waals surface area contributed by atoms with Gasteiger partial charge in [0.1, 0.15) is 18.2 Å². The number of carbonyl (C=O) groups excluding carboxylic acids is 1. The molecule has 7 nitrogen and oxygen atoms in total. The Kier molecular flexibility index (Phi) is 5.37. The van der Waals surface area contributed by atoms with Gasteiger partial charge < -0.3 is 14.8 Å². The highest BCUT2D eigenvalue weighted by Gasteiger charge is 2.17. The van der Waals surface area contributed by atoms with Crippen LogP contribution in [-0.4, -0.2) is 46.8 Å². The summed E-state index contributed by atoms with van der Waals surface area (Å²) in [6.45, 7) is 2.01.